The molecule has 0 unspecified atom stereocenters. The van der Waals surface area contributed by atoms with Crippen molar-refractivity contribution in [2.24, 2.45) is 0 Å². The zero-order valence-electron chi connectivity index (χ0n) is 9.91. The summed E-state index contributed by atoms with van der Waals surface area (Å²) in [6.45, 7) is 2.42. The summed E-state index contributed by atoms with van der Waals surface area (Å²) in [5, 5.41) is 9.84. The zero-order chi connectivity index (χ0) is 13.0. The van der Waals surface area contributed by atoms with Gasteiger partial charge in [-0.3, -0.25) is 9.59 Å². The standard InChI is InChI=1S/C10H16O7/c1-5(11)16-7-4-15-10(14-3)8(13)9(7)17-6(2)12/h7-10,13H,4H2,1-3H3/t7-,8-,9+,10-/m1/s1. The number of hydrogen-bond donors (Lipinski definition) is 1. The van der Waals surface area contributed by atoms with Crippen LogP contribution >= 0.6 is 0 Å². The topological polar surface area (TPSA) is 91.3 Å². The molecule has 0 aromatic heterocycles. The number of aliphatic hydroxyl groups excluding tert-OH is 1. The molecule has 1 rings (SSSR count). The molecule has 0 saturated carbocycles. The summed E-state index contributed by atoms with van der Waals surface area (Å²) in [6, 6.07) is 0. The van der Waals surface area contributed by atoms with Crippen molar-refractivity contribution >= 4 is 11.9 Å². The highest BCUT2D eigenvalue weighted by atomic mass is 16.7. The largest absolute Gasteiger partial charge is 0.456 e. The smallest absolute Gasteiger partial charge is 0.303 e. The van der Waals surface area contributed by atoms with Gasteiger partial charge in [0.15, 0.2) is 18.5 Å². The van der Waals surface area contributed by atoms with Crippen LogP contribution in [0.1, 0.15) is 13.8 Å². The Morgan fingerprint density at radius 1 is 1.24 bits per heavy atom. The van der Waals surface area contributed by atoms with E-state index in [1.54, 1.807) is 0 Å². The molecule has 7 nitrogen and oxygen atoms in total. The highest BCUT2D eigenvalue weighted by molar-refractivity contribution is 5.67. The van der Waals surface area contributed by atoms with E-state index < -0.39 is 36.5 Å². The van der Waals surface area contributed by atoms with Crippen LogP contribution in [0, 0.1) is 0 Å². The van der Waals surface area contributed by atoms with E-state index in [9.17, 15) is 14.7 Å². The number of aliphatic hydroxyl groups is 1. The van der Waals surface area contributed by atoms with Crippen LogP contribution in [0.3, 0.4) is 0 Å². The molecule has 17 heavy (non-hydrogen) atoms. The molecule has 1 heterocycles. The van der Waals surface area contributed by atoms with Gasteiger partial charge in [0.05, 0.1) is 6.61 Å². The third-order valence-electron chi connectivity index (χ3n) is 2.26. The number of ether oxygens (including phenoxy) is 4. The Balaban J connectivity index is 2.75. The molecule has 98 valence electrons. The van der Waals surface area contributed by atoms with Gasteiger partial charge < -0.3 is 24.1 Å². The van der Waals surface area contributed by atoms with E-state index in [0.29, 0.717) is 0 Å². The summed E-state index contributed by atoms with van der Waals surface area (Å²) < 4.78 is 19.8. The summed E-state index contributed by atoms with van der Waals surface area (Å²) in [7, 11) is 1.35. The average molecular weight is 248 g/mol. The van der Waals surface area contributed by atoms with Gasteiger partial charge in [-0.1, -0.05) is 0 Å². The predicted molar refractivity (Wildman–Crippen MR) is 53.9 cm³/mol. The fraction of sp³-hybridized carbons (Fsp3) is 0.800. The van der Waals surface area contributed by atoms with Crippen molar-refractivity contribution in [1.29, 1.82) is 0 Å². The Morgan fingerprint density at radius 2 is 1.82 bits per heavy atom. The molecular formula is C10H16O7. The highest BCUT2D eigenvalue weighted by Gasteiger charge is 2.43. The molecule has 7 heteroatoms. The number of carbonyl (C=O) groups excluding carboxylic acids is 2. The summed E-state index contributed by atoms with van der Waals surface area (Å²) in [5.74, 6) is -1.12. The third-order valence-corrected chi connectivity index (χ3v) is 2.26. The number of carbonyl (C=O) groups is 2. The van der Waals surface area contributed by atoms with E-state index in [-0.39, 0.29) is 6.61 Å². The maximum atomic E-state index is 10.9. The van der Waals surface area contributed by atoms with E-state index in [2.05, 4.69) is 0 Å². The molecule has 0 aromatic rings. The first kappa shape index (κ1) is 13.9. The summed E-state index contributed by atoms with van der Waals surface area (Å²) in [6.07, 6.45) is -3.94. The van der Waals surface area contributed by atoms with E-state index >= 15 is 0 Å². The van der Waals surface area contributed by atoms with Gasteiger partial charge in [0.2, 0.25) is 0 Å². The normalized spacial score (nSPS) is 32.9. The Bertz CT molecular complexity index is 290. The van der Waals surface area contributed by atoms with Crippen LogP contribution in [0.2, 0.25) is 0 Å². The fourth-order valence-corrected chi connectivity index (χ4v) is 1.62. The van der Waals surface area contributed by atoms with Crippen LogP contribution in [0.25, 0.3) is 0 Å². The Morgan fingerprint density at radius 3 is 2.29 bits per heavy atom. The lowest BCUT2D eigenvalue weighted by molar-refractivity contribution is -0.269. The second-order valence-electron chi connectivity index (χ2n) is 3.65. The maximum Gasteiger partial charge on any atom is 0.303 e. The number of rotatable bonds is 3. The molecule has 1 fully saturated rings. The SMILES string of the molecule is CO[C@@H]1OC[C@@H](OC(C)=O)[C@H](OC(C)=O)[C@H]1O. The second-order valence-corrected chi connectivity index (χ2v) is 3.65. The van der Waals surface area contributed by atoms with Gasteiger partial charge in [-0.25, -0.2) is 0 Å². The van der Waals surface area contributed by atoms with E-state index in [4.69, 9.17) is 18.9 Å². The predicted octanol–water partition coefficient (Wildman–Crippen LogP) is -0.787. The lowest BCUT2D eigenvalue weighted by Gasteiger charge is -2.37. The van der Waals surface area contributed by atoms with Gasteiger partial charge in [0, 0.05) is 21.0 Å². The lowest BCUT2D eigenvalue weighted by atomic mass is 10.0. The Kier molecular flexibility index (Phi) is 4.86. The van der Waals surface area contributed by atoms with Gasteiger partial charge in [0.25, 0.3) is 0 Å². The second kappa shape index (κ2) is 5.95. The minimum absolute atomic E-state index is 0.00685. The lowest BCUT2D eigenvalue weighted by Crippen LogP contribution is -2.56. The summed E-state index contributed by atoms with van der Waals surface area (Å²) in [5.41, 5.74) is 0. The average Bonchev–Trinajstić information content (AvgIpc) is 2.22. The molecule has 0 bridgehead atoms. The van der Waals surface area contributed by atoms with Crippen LogP contribution in [0.4, 0.5) is 0 Å². The third kappa shape index (κ3) is 3.65. The van der Waals surface area contributed by atoms with Gasteiger partial charge in [-0.2, -0.15) is 0 Å². The van der Waals surface area contributed by atoms with Crippen LogP contribution < -0.4 is 0 Å². The minimum atomic E-state index is -1.21. The van der Waals surface area contributed by atoms with Crippen LogP contribution in [0.5, 0.6) is 0 Å². The van der Waals surface area contributed by atoms with Crippen molar-refractivity contribution in [3.63, 3.8) is 0 Å². The van der Waals surface area contributed by atoms with E-state index in [1.165, 1.54) is 21.0 Å². The van der Waals surface area contributed by atoms with Crippen molar-refractivity contribution < 1.29 is 33.6 Å². The molecule has 0 spiro atoms. The number of hydrogen-bond acceptors (Lipinski definition) is 7. The first-order valence-electron chi connectivity index (χ1n) is 5.12. The quantitative estimate of drug-likeness (QED) is 0.654. The van der Waals surface area contributed by atoms with Crippen molar-refractivity contribution in [2.75, 3.05) is 13.7 Å². The van der Waals surface area contributed by atoms with Gasteiger partial charge in [-0.05, 0) is 0 Å². The van der Waals surface area contributed by atoms with E-state index in [1.807, 2.05) is 0 Å². The molecule has 1 aliphatic rings. The molecule has 0 aliphatic carbocycles. The van der Waals surface area contributed by atoms with Crippen molar-refractivity contribution in [3.8, 4) is 0 Å². The Labute approximate surface area is 98.6 Å². The van der Waals surface area contributed by atoms with Crippen LogP contribution in [-0.2, 0) is 28.5 Å². The molecule has 4 atom stereocenters. The van der Waals surface area contributed by atoms with Crippen molar-refractivity contribution in [3.05, 3.63) is 0 Å². The highest BCUT2D eigenvalue weighted by Crippen LogP contribution is 2.21. The first-order valence-corrected chi connectivity index (χ1v) is 5.12. The van der Waals surface area contributed by atoms with Gasteiger partial charge >= 0.3 is 11.9 Å². The molecule has 0 amide bonds. The molecule has 1 aliphatic heterocycles. The molecular weight excluding hydrogens is 232 g/mol. The number of esters is 2. The molecule has 0 aromatic carbocycles. The molecule has 0 radical (unpaired) electrons. The summed E-state index contributed by atoms with van der Waals surface area (Å²) in [4.78, 5) is 21.8. The van der Waals surface area contributed by atoms with Crippen LogP contribution in [-0.4, -0.2) is 55.4 Å². The minimum Gasteiger partial charge on any atom is -0.456 e. The summed E-state index contributed by atoms with van der Waals surface area (Å²) >= 11 is 0. The van der Waals surface area contributed by atoms with Crippen LogP contribution in [0.15, 0.2) is 0 Å². The van der Waals surface area contributed by atoms with Gasteiger partial charge in [-0.15, -0.1) is 0 Å². The fourth-order valence-electron chi connectivity index (χ4n) is 1.62. The molecule has 1 N–H and O–H groups in total. The molecule has 1 saturated heterocycles. The Hall–Kier alpha value is -1.18. The van der Waals surface area contributed by atoms with Crippen molar-refractivity contribution in [1.82, 2.24) is 0 Å². The maximum absolute atomic E-state index is 10.9. The zero-order valence-corrected chi connectivity index (χ0v) is 9.91. The number of methoxy groups -OCH3 is 1. The first-order chi connectivity index (χ1) is 7.95. The van der Waals surface area contributed by atoms with Gasteiger partial charge in [0.1, 0.15) is 6.10 Å². The monoisotopic (exact) mass is 248 g/mol. The van der Waals surface area contributed by atoms with E-state index in [0.717, 1.165) is 0 Å². The van der Waals surface area contributed by atoms with Crippen molar-refractivity contribution in [2.45, 2.75) is 38.4 Å².